The van der Waals surface area contributed by atoms with Crippen LogP contribution in [0.1, 0.15) is 40.5 Å². The molecule has 1 heterocycles. The number of nitrogens with zero attached hydrogens (tertiary/aromatic N) is 2. The molecule has 0 radical (unpaired) electrons. The lowest BCUT2D eigenvalue weighted by molar-refractivity contribution is -0.153. The van der Waals surface area contributed by atoms with Crippen molar-refractivity contribution in [2.24, 2.45) is 5.41 Å². The standard InChI is InChI=1S/C14H26N2O3/c1-5-15(6-2)12(17)11(3)16-9-7-8-14(4,10-16)13(18)19/h11H,5-10H2,1-4H3,(H,18,19). The number of hydrogen-bond acceptors (Lipinski definition) is 3. The Bertz CT molecular complexity index is 342. The molecule has 5 nitrogen and oxygen atoms in total. The molecule has 0 spiro atoms. The molecular formula is C14H26N2O3. The smallest absolute Gasteiger partial charge is 0.310 e. The highest BCUT2D eigenvalue weighted by Crippen LogP contribution is 2.30. The molecule has 1 N–H and O–H groups in total. The fourth-order valence-corrected chi connectivity index (χ4v) is 2.74. The summed E-state index contributed by atoms with van der Waals surface area (Å²) in [7, 11) is 0. The van der Waals surface area contributed by atoms with Gasteiger partial charge in [0.1, 0.15) is 0 Å². The zero-order valence-corrected chi connectivity index (χ0v) is 12.5. The maximum atomic E-state index is 12.3. The van der Waals surface area contributed by atoms with Gasteiger partial charge in [0.2, 0.25) is 5.91 Å². The summed E-state index contributed by atoms with van der Waals surface area (Å²) in [5.41, 5.74) is -0.726. The van der Waals surface area contributed by atoms with Crippen molar-refractivity contribution in [3.8, 4) is 0 Å². The number of carbonyl (C=O) groups is 2. The summed E-state index contributed by atoms with van der Waals surface area (Å²) in [6.07, 6.45) is 1.52. The summed E-state index contributed by atoms with van der Waals surface area (Å²) in [6.45, 7) is 10.2. The Kier molecular flexibility index (Phi) is 5.35. The molecule has 2 unspecified atom stereocenters. The van der Waals surface area contributed by atoms with Gasteiger partial charge in [0.05, 0.1) is 11.5 Å². The number of likely N-dealkylation sites (tertiary alicyclic amines) is 1. The molecule has 0 aromatic heterocycles. The molecule has 0 saturated carbocycles. The highest BCUT2D eigenvalue weighted by Gasteiger charge is 2.40. The van der Waals surface area contributed by atoms with E-state index in [1.807, 2.05) is 25.7 Å². The minimum Gasteiger partial charge on any atom is -0.481 e. The second kappa shape index (κ2) is 6.37. The predicted molar refractivity (Wildman–Crippen MR) is 73.9 cm³/mol. The van der Waals surface area contributed by atoms with Crippen LogP contribution in [0.4, 0.5) is 0 Å². The molecule has 19 heavy (non-hydrogen) atoms. The van der Waals surface area contributed by atoms with E-state index in [9.17, 15) is 14.7 Å². The van der Waals surface area contributed by atoms with Gasteiger partial charge in [-0.05, 0) is 47.1 Å². The lowest BCUT2D eigenvalue weighted by Gasteiger charge is -2.41. The lowest BCUT2D eigenvalue weighted by Crippen LogP contribution is -2.54. The third-order valence-corrected chi connectivity index (χ3v) is 4.22. The second-order valence-corrected chi connectivity index (χ2v) is 5.63. The van der Waals surface area contributed by atoms with Crippen molar-refractivity contribution >= 4 is 11.9 Å². The highest BCUT2D eigenvalue weighted by atomic mass is 16.4. The molecule has 0 aromatic carbocycles. The van der Waals surface area contributed by atoms with E-state index in [2.05, 4.69) is 0 Å². The zero-order valence-electron chi connectivity index (χ0n) is 12.5. The number of hydrogen-bond donors (Lipinski definition) is 1. The fraction of sp³-hybridized carbons (Fsp3) is 0.857. The Morgan fingerprint density at radius 3 is 2.42 bits per heavy atom. The van der Waals surface area contributed by atoms with Crippen molar-refractivity contribution in [1.29, 1.82) is 0 Å². The van der Waals surface area contributed by atoms with Crippen LogP contribution >= 0.6 is 0 Å². The molecule has 1 aliphatic heterocycles. The molecule has 1 amide bonds. The summed E-state index contributed by atoms with van der Waals surface area (Å²) in [6, 6.07) is -0.237. The first kappa shape index (κ1) is 16.0. The molecule has 1 saturated heterocycles. The zero-order chi connectivity index (χ0) is 14.6. The summed E-state index contributed by atoms with van der Waals surface area (Å²) < 4.78 is 0. The molecular weight excluding hydrogens is 244 g/mol. The van der Waals surface area contributed by atoms with Crippen LogP contribution in [0.3, 0.4) is 0 Å². The monoisotopic (exact) mass is 270 g/mol. The fourth-order valence-electron chi connectivity index (χ4n) is 2.74. The van der Waals surface area contributed by atoms with Crippen molar-refractivity contribution in [2.45, 2.75) is 46.6 Å². The molecule has 110 valence electrons. The molecule has 1 aliphatic rings. The van der Waals surface area contributed by atoms with Crippen molar-refractivity contribution in [3.05, 3.63) is 0 Å². The van der Waals surface area contributed by atoms with Crippen LogP contribution in [0.25, 0.3) is 0 Å². The number of piperidine rings is 1. The first-order valence-corrected chi connectivity index (χ1v) is 7.12. The quantitative estimate of drug-likeness (QED) is 0.821. The van der Waals surface area contributed by atoms with Gasteiger partial charge in [-0.1, -0.05) is 0 Å². The van der Waals surface area contributed by atoms with Crippen LogP contribution in [-0.4, -0.2) is 59.0 Å². The third-order valence-electron chi connectivity index (χ3n) is 4.22. The van der Waals surface area contributed by atoms with E-state index in [-0.39, 0.29) is 11.9 Å². The van der Waals surface area contributed by atoms with E-state index >= 15 is 0 Å². The molecule has 0 aromatic rings. The van der Waals surface area contributed by atoms with E-state index in [1.165, 1.54) is 0 Å². The first-order valence-electron chi connectivity index (χ1n) is 7.12. The largest absolute Gasteiger partial charge is 0.481 e. The third kappa shape index (κ3) is 3.47. The van der Waals surface area contributed by atoms with Gasteiger partial charge in [-0.25, -0.2) is 0 Å². The summed E-state index contributed by atoms with van der Waals surface area (Å²) >= 11 is 0. The average molecular weight is 270 g/mol. The van der Waals surface area contributed by atoms with Crippen molar-refractivity contribution < 1.29 is 14.7 Å². The second-order valence-electron chi connectivity index (χ2n) is 5.63. The minimum absolute atomic E-state index is 0.0969. The van der Waals surface area contributed by atoms with Crippen LogP contribution in [-0.2, 0) is 9.59 Å². The first-order chi connectivity index (χ1) is 8.85. The summed E-state index contributed by atoms with van der Waals surface area (Å²) in [5, 5.41) is 9.32. The number of carboxylic acid groups (broad SMARTS) is 1. The number of likely N-dealkylation sites (N-methyl/N-ethyl adjacent to an activating group) is 1. The molecule has 2 atom stereocenters. The van der Waals surface area contributed by atoms with E-state index in [0.717, 1.165) is 13.0 Å². The normalized spacial score (nSPS) is 25.9. The van der Waals surface area contributed by atoms with Crippen LogP contribution in [0.2, 0.25) is 0 Å². The molecule has 0 aliphatic carbocycles. The predicted octanol–water partition coefficient (Wildman–Crippen LogP) is 1.43. The van der Waals surface area contributed by atoms with Gasteiger partial charge in [-0.2, -0.15) is 0 Å². The van der Waals surface area contributed by atoms with Gasteiger partial charge in [-0.15, -0.1) is 0 Å². The number of rotatable bonds is 5. The number of amides is 1. The molecule has 1 rings (SSSR count). The van der Waals surface area contributed by atoms with Gasteiger partial charge < -0.3 is 10.0 Å². The summed E-state index contributed by atoms with van der Waals surface area (Å²) in [4.78, 5) is 27.5. The SMILES string of the molecule is CCN(CC)C(=O)C(C)N1CCCC(C)(C(=O)O)C1. The van der Waals surface area contributed by atoms with Gasteiger partial charge in [0.15, 0.2) is 0 Å². The van der Waals surface area contributed by atoms with Crippen LogP contribution in [0.15, 0.2) is 0 Å². The topological polar surface area (TPSA) is 60.9 Å². The Balaban J connectivity index is 2.74. The van der Waals surface area contributed by atoms with Crippen molar-refractivity contribution in [3.63, 3.8) is 0 Å². The van der Waals surface area contributed by atoms with Crippen molar-refractivity contribution in [2.75, 3.05) is 26.2 Å². The lowest BCUT2D eigenvalue weighted by atomic mass is 9.81. The Hall–Kier alpha value is -1.10. The van der Waals surface area contributed by atoms with Crippen LogP contribution < -0.4 is 0 Å². The van der Waals surface area contributed by atoms with Gasteiger partial charge in [-0.3, -0.25) is 14.5 Å². The Morgan fingerprint density at radius 2 is 1.95 bits per heavy atom. The number of carboxylic acids is 1. The van der Waals surface area contributed by atoms with Crippen LogP contribution in [0.5, 0.6) is 0 Å². The Morgan fingerprint density at radius 1 is 1.37 bits per heavy atom. The van der Waals surface area contributed by atoms with Gasteiger partial charge in [0.25, 0.3) is 0 Å². The highest BCUT2D eigenvalue weighted by molar-refractivity contribution is 5.81. The van der Waals surface area contributed by atoms with E-state index in [4.69, 9.17) is 0 Å². The molecule has 5 heteroatoms. The number of aliphatic carboxylic acids is 1. The summed E-state index contributed by atoms with van der Waals surface area (Å²) in [5.74, 6) is -0.667. The maximum Gasteiger partial charge on any atom is 0.310 e. The van der Waals surface area contributed by atoms with Gasteiger partial charge >= 0.3 is 5.97 Å². The van der Waals surface area contributed by atoms with E-state index < -0.39 is 11.4 Å². The van der Waals surface area contributed by atoms with Crippen molar-refractivity contribution in [1.82, 2.24) is 9.80 Å². The molecule has 1 fully saturated rings. The average Bonchev–Trinajstić information content (AvgIpc) is 2.39. The maximum absolute atomic E-state index is 12.3. The van der Waals surface area contributed by atoms with E-state index in [1.54, 1.807) is 11.8 Å². The van der Waals surface area contributed by atoms with Gasteiger partial charge in [0, 0.05) is 19.6 Å². The van der Waals surface area contributed by atoms with E-state index in [0.29, 0.717) is 26.1 Å². The van der Waals surface area contributed by atoms with Crippen LogP contribution in [0, 0.1) is 5.41 Å². The Labute approximate surface area is 115 Å². The minimum atomic E-state index is -0.764. The molecule has 0 bridgehead atoms. The number of carbonyl (C=O) groups excluding carboxylic acids is 1.